The first-order valence-electron chi connectivity index (χ1n) is 20.6. The number of carbonyl (C=O) groups excluding carboxylic acids is 4. The number of Topliss-reactive ketones (excluding diaryl/α,β-unsaturated/α-hetero) is 2. The first-order valence-corrected chi connectivity index (χ1v) is 21.4. The molecule has 0 saturated carbocycles. The Labute approximate surface area is 359 Å². The van der Waals surface area contributed by atoms with Crippen LogP contribution in [0.1, 0.15) is 216 Å². The highest BCUT2D eigenvalue weighted by Crippen LogP contribution is 2.09. The fourth-order valence-corrected chi connectivity index (χ4v) is 4.38. The van der Waals surface area contributed by atoms with Crippen LogP contribution in [0.5, 0.6) is 0 Å². The van der Waals surface area contributed by atoms with E-state index in [9.17, 15) is 33.6 Å². The molecule has 0 radical (unpaired) electrons. The van der Waals surface area contributed by atoms with Crippen molar-refractivity contribution in [3.05, 3.63) is 0 Å². The molecule has 0 aromatic rings. The molecule has 0 amide bonds. The second-order valence-corrected chi connectivity index (χ2v) is 12.9. The number of hydrogen-bond acceptors (Lipinski definition) is 10. The van der Waals surface area contributed by atoms with Gasteiger partial charge in [-0.15, -0.1) is 11.6 Å². The number of carboxylic acid groups (broad SMARTS) is 3. The molecule has 0 aromatic carbocycles. The number of carbonyl (C=O) groups is 7. The van der Waals surface area contributed by atoms with Crippen molar-refractivity contribution in [2.45, 2.75) is 216 Å². The number of methoxy groups -OCH3 is 2. The van der Waals surface area contributed by atoms with Crippen LogP contribution in [0.4, 0.5) is 0 Å². The van der Waals surface area contributed by atoms with Gasteiger partial charge in [-0.1, -0.05) is 120 Å². The molecule has 350 valence electrons. The Morgan fingerprint density at radius 3 is 0.931 bits per heavy atom. The molecule has 58 heavy (non-hydrogen) atoms. The predicted molar refractivity (Wildman–Crippen MR) is 239 cm³/mol. The first-order chi connectivity index (χ1) is 26.7. The molecule has 13 nitrogen and oxygen atoms in total. The number of nitrogens with two attached hydrogens (primary N) is 1. The van der Waals surface area contributed by atoms with Crippen LogP contribution < -0.4 is 5.73 Å². The average Bonchev–Trinajstić information content (AvgIpc) is 3.16. The molecule has 0 atom stereocenters. The fraction of sp³-hybridized carbons (Fsp3) is 0.841. The molecule has 0 fully saturated rings. The molecule has 0 spiro atoms. The Kier molecular flexibility index (Phi) is 82.3. The van der Waals surface area contributed by atoms with Crippen LogP contribution >= 0.6 is 11.6 Å². The number of hydrogen-bond donors (Lipinski definition) is 4. The average molecular weight is 861 g/mol. The third kappa shape index (κ3) is 89.5. The van der Waals surface area contributed by atoms with E-state index >= 15 is 0 Å². The van der Waals surface area contributed by atoms with Crippen molar-refractivity contribution in [3.63, 3.8) is 0 Å². The van der Waals surface area contributed by atoms with Gasteiger partial charge in [0.05, 0.1) is 20.6 Å². The topological polar surface area (TPSA) is 225 Å². The lowest BCUT2D eigenvalue weighted by Crippen LogP contribution is -2.08. The second-order valence-electron chi connectivity index (χ2n) is 12.9. The number of alkyl halides is 1. The molecule has 0 bridgehead atoms. The number of ether oxygens (including phenoxy) is 2. The molecule has 5 N–H and O–H groups in total. The minimum absolute atomic E-state index is 0. The molecule has 0 rings (SSSR count). The summed E-state index contributed by atoms with van der Waals surface area (Å²) >= 11 is 4.64. The molecule has 14 heteroatoms. The van der Waals surface area contributed by atoms with Crippen LogP contribution in [0.25, 0.3) is 0 Å². The summed E-state index contributed by atoms with van der Waals surface area (Å²) in [5.74, 6) is -2.17. The molecule has 0 unspecified atom stereocenters. The van der Waals surface area contributed by atoms with Gasteiger partial charge in [-0.05, 0) is 38.5 Å². The number of rotatable bonds is 30. The highest BCUT2D eigenvalue weighted by Gasteiger charge is 2.05. The van der Waals surface area contributed by atoms with E-state index in [1.54, 1.807) is 0 Å². The van der Waals surface area contributed by atoms with Crippen LogP contribution in [0.2, 0.25) is 0 Å². The molecular weight excluding hydrogens is 770 g/mol. The van der Waals surface area contributed by atoms with Crippen LogP contribution in [-0.4, -0.2) is 83.9 Å². The SMILES string of the molecule is C.C.CCCC(=O)O.CCCCCCCC(=O)CCCC(=O)O.CCCCCCCC(=O)CCCC(=O)OC.CCCCCCCC(=O)O.CCl.COC(=O)CCN. The Morgan fingerprint density at radius 2 is 0.672 bits per heavy atom. The van der Waals surface area contributed by atoms with Gasteiger partial charge in [-0.3, -0.25) is 33.6 Å². The molecule has 0 heterocycles. The largest absolute Gasteiger partial charge is 0.481 e. The summed E-state index contributed by atoms with van der Waals surface area (Å²) < 4.78 is 8.78. The molecule has 0 aliphatic carbocycles. The van der Waals surface area contributed by atoms with E-state index in [1.165, 1.54) is 78.4 Å². The van der Waals surface area contributed by atoms with Crippen LogP contribution in [-0.2, 0) is 43.0 Å². The van der Waals surface area contributed by atoms with Crippen molar-refractivity contribution in [3.8, 4) is 0 Å². The van der Waals surface area contributed by atoms with Crippen molar-refractivity contribution in [2.75, 3.05) is 27.1 Å². The lowest BCUT2D eigenvalue weighted by Gasteiger charge is -2.01. The van der Waals surface area contributed by atoms with E-state index in [2.05, 4.69) is 41.8 Å². The minimum Gasteiger partial charge on any atom is -0.481 e. The van der Waals surface area contributed by atoms with Gasteiger partial charge in [0.2, 0.25) is 0 Å². The summed E-state index contributed by atoms with van der Waals surface area (Å²) in [5.41, 5.74) is 5.00. The number of halogens is 1. The maximum atomic E-state index is 11.4. The number of ketones is 2. The van der Waals surface area contributed by atoms with Crippen LogP contribution in [0.15, 0.2) is 0 Å². The number of unbranched alkanes of at least 4 members (excludes halogenated alkanes) is 12. The zero-order chi connectivity index (χ0) is 44.3. The van der Waals surface area contributed by atoms with Crippen molar-refractivity contribution in [1.82, 2.24) is 0 Å². The predicted octanol–water partition coefficient (Wildman–Crippen LogP) is 11.4. The first kappa shape index (κ1) is 72.5. The summed E-state index contributed by atoms with van der Waals surface area (Å²) in [6, 6.07) is 0. The van der Waals surface area contributed by atoms with E-state index in [4.69, 9.17) is 21.1 Å². The van der Waals surface area contributed by atoms with Gasteiger partial charge in [0.25, 0.3) is 0 Å². The molecule has 0 aliphatic heterocycles. The van der Waals surface area contributed by atoms with Gasteiger partial charge in [0.15, 0.2) is 0 Å². The number of aliphatic carboxylic acids is 3. The Morgan fingerprint density at radius 1 is 0.397 bits per heavy atom. The molecule has 0 aliphatic rings. The summed E-state index contributed by atoms with van der Waals surface area (Å²) in [4.78, 5) is 73.4. The van der Waals surface area contributed by atoms with E-state index in [0.717, 1.165) is 44.9 Å². The molecular formula is C44H90ClNO12. The van der Waals surface area contributed by atoms with Crippen LogP contribution in [0.3, 0.4) is 0 Å². The smallest absolute Gasteiger partial charge is 0.306 e. The Bertz CT molecular complexity index is 917. The number of carboxylic acids is 3. The van der Waals surface area contributed by atoms with Crippen molar-refractivity contribution in [1.29, 1.82) is 0 Å². The zero-order valence-electron chi connectivity index (χ0n) is 36.3. The standard InChI is InChI=1S/C13H24O3.C12H22O3.C8H16O2.C4H9NO2.C4H8O2.CH3Cl.2CH4/c1-3-4-5-6-7-9-12(14)10-8-11-13(15)16-2;1-2-3-4-5-6-8-11(13)9-7-10-12(14)15;1-2-3-4-5-6-7-8(9)10;1-7-4(6)2-3-5;1-2-3-4(5)6;1-2;;/h3-11H2,1-2H3;2-10H2,1H3,(H,14,15);2-7H2,1H3,(H,9,10);2-3,5H2,1H3;2-3H2,1H3,(H,5,6);1H3;2*1H4. The number of esters is 2. The molecule has 0 saturated heterocycles. The van der Waals surface area contributed by atoms with Gasteiger partial charge in [-0.25, -0.2) is 0 Å². The van der Waals surface area contributed by atoms with E-state index in [1.807, 2.05) is 6.92 Å². The Balaban J connectivity index is -0.0000000918. The maximum Gasteiger partial charge on any atom is 0.306 e. The highest BCUT2D eigenvalue weighted by atomic mass is 35.5. The molecule has 0 aromatic heterocycles. The highest BCUT2D eigenvalue weighted by molar-refractivity contribution is 6.15. The minimum atomic E-state index is -0.814. The summed E-state index contributed by atoms with van der Waals surface area (Å²) in [6.45, 7) is 8.70. The summed E-state index contributed by atoms with van der Waals surface area (Å²) in [6.07, 6.45) is 24.1. The quantitative estimate of drug-likeness (QED) is 0.0300. The maximum absolute atomic E-state index is 11.4. The third-order valence-corrected chi connectivity index (χ3v) is 7.56. The lowest BCUT2D eigenvalue weighted by molar-refractivity contribution is -0.141. The normalized spacial score (nSPS) is 9.05. The van der Waals surface area contributed by atoms with Gasteiger partial charge >= 0.3 is 29.8 Å². The summed E-state index contributed by atoms with van der Waals surface area (Å²) in [7, 11) is 2.72. The van der Waals surface area contributed by atoms with Gasteiger partial charge in [0.1, 0.15) is 11.6 Å². The van der Waals surface area contributed by atoms with Crippen molar-refractivity contribution in [2.24, 2.45) is 5.73 Å². The van der Waals surface area contributed by atoms with Gasteiger partial charge < -0.3 is 30.5 Å². The van der Waals surface area contributed by atoms with Crippen molar-refractivity contribution < 1.29 is 58.4 Å². The summed E-state index contributed by atoms with van der Waals surface area (Å²) in [5, 5.41) is 24.6. The second kappa shape index (κ2) is 65.8. The lowest BCUT2D eigenvalue weighted by atomic mass is 10.1. The third-order valence-electron chi connectivity index (χ3n) is 7.56. The van der Waals surface area contributed by atoms with Gasteiger partial charge in [0, 0.05) is 64.3 Å². The van der Waals surface area contributed by atoms with Crippen LogP contribution in [0, 0.1) is 0 Å². The van der Waals surface area contributed by atoms with Gasteiger partial charge in [-0.2, -0.15) is 0 Å². The van der Waals surface area contributed by atoms with E-state index in [-0.39, 0.29) is 44.8 Å². The van der Waals surface area contributed by atoms with Crippen molar-refractivity contribution >= 4 is 53.0 Å². The Hall–Kier alpha value is -3.06. The zero-order valence-corrected chi connectivity index (χ0v) is 37.0. The fourth-order valence-electron chi connectivity index (χ4n) is 4.38. The van der Waals surface area contributed by atoms with E-state index < -0.39 is 17.9 Å². The van der Waals surface area contributed by atoms with E-state index in [0.29, 0.717) is 70.8 Å². The monoisotopic (exact) mass is 860 g/mol.